The Morgan fingerprint density at radius 2 is 2.36 bits per heavy atom. The van der Waals surface area contributed by atoms with E-state index in [1.807, 2.05) is 22.4 Å². The second kappa shape index (κ2) is 3.45. The molecule has 5 heteroatoms. The zero-order chi connectivity index (χ0) is 9.97. The first-order valence-corrected chi connectivity index (χ1v) is 4.23. The summed E-state index contributed by atoms with van der Waals surface area (Å²) in [7, 11) is 1.93. The van der Waals surface area contributed by atoms with Crippen molar-refractivity contribution in [3.63, 3.8) is 0 Å². The van der Waals surface area contributed by atoms with Crippen molar-refractivity contribution < 1.29 is 4.79 Å². The largest absolute Gasteiger partial charge is 0.337 e. The van der Waals surface area contributed by atoms with Crippen LogP contribution >= 0.6 is 0 Å². The summed E-state index contributed by atoms with van der Waals surface area (Å²) in [6.45, 7) is 0.629. The van der Waals surface area contributed by atoms with Crippen LogP contribution < -0.4 is 0 Å². The molecule has 2 aromatic rings. The summed E-state index contributed by atoms with van der Waals surface area (Å²) >= 11 is 0. The number of aromatic nitrogens is 4. The van der Waals surface area contributed by atoms with Gasteiger partial charge in [-0.25, -0.2) is 9.97 Å². The maximum atomic E-state index is 10.4. The molecule has 0 amide bonds. The molecule has 0 aromatic carbocycles. The van der Waals surface area contributed by atoms with Crippen LogP contribution in [-0.4, -0.2) is 25.4 Å². The summed E-state index contributed by atoms with van der Waals surface area (Å²) < 4.78 is 3.76. The molecule has 2 rings (SSSR count). The Morgan fingerprint density at radius 1 is 1.50 bits per heavy atom. The third kappa shape index (κ3) is 1.56. The smallest absolute Gasteiger partial charge is 0.169 e. The van der Waals surface area contributed by atoms with Gasteiger partial charge in [-0.3, -0.25) is 4.79 Å². The fourth-order valence-electron chi connectivity index (χ4n) is 1.24. The van der Waals surface area contributed by atoms with Crippen LogP contribution in [0.5, 0.6) is 0 Å². The van der Waals surface area contributed by atoms with E-state index in [1.165, 1.54) is 0 Å². The van der Waals surface area contributed by atoms with Crippen LogP contribution in [0.25, 0.3) is 0 Å². The quantitative estimate of drug-likeness (QED) is 0.661. The molecule has 0 aliphatic carbocycles. The first kappa shape index (κ1) is 8.68. The van der Waals surface area contributed by atoms with Gasteiger partial charge in [-0.15, -0.1) is 0 Å². The molecule has 0 radical (unpaired) electrons. The fraction of sp³-hybridized carbons (Fsp3) is 0.222. The van der Waals surface area contributed by atoms with Gasteiger partial charge in [0.1, 0.15) is 11.5 Å². The minimum Gasteiger partial charge on any atom is -0.337 e. The Balaban J connectivity index is 2.18. The van der Waals surface area contributed by atoms with Crippen LogP contribution in [0, 0.1) is 0 Å². The third-order valence-electron chi connectivity index (χ3n) is 2.02. The summed E-state index contributed by atoms with van der Waals surface area (Å²) in [5.41, 5.74) is 0.444. The molecule has 0 N–H and O–H groups in total. The average molecular weight is 190 g/mol. The maximum Gasteiger partial charge on any atom is 0.169 e. The van der Waals surface area contributed by atoms with Gasteiger partial charge in [-0.1, -0.05) is 0 Å². The molecule has 2 heterocycles. The van der Waals surface area contributed by atoms with E-state index in [0.717, 1.165) is 12.1 Å². The van der Waals surface area contributed by atoms with E-state index in [1.54, 1.807) is 18.7 Å². The number of rotatable bonds is 3. The first-order valence-electron chi connectivity index (χ1n) is 4.23. The van der Waals surface area contributed by atoms with Crippen LogP contribution in [0.3, 0.4) is 0 Å². The van der Waals surface area contributed by atoms with Gasteiger partial charge in [0.15, 0.2) is 6.29 Å². The highest BCUT2D eigenvalue weighted by molar-refractivity contribution is 5.70. The molecule has 0 spiro atoms. The number of nitrogens with zero attached hydrogens (tertiary/aromatic N) is 4. The van der Waals surface area contributed by atoms with Gasteiger partial charge < -0.3 is 9.13 Å². The second-order valence-electron chi connectivity index (χ2n) is 3.04. The summed E-state index contributed by atoms with van der Waals surface area (Å²) in [4.78, 5) is 18.5. The monoisotopic (exact) mass is 190 g/mol. The Labute approximate surface area is 81.0 Å². The van der Waals surface area contributed by atoms with Gasteiger partial charge >= 0.3 is 0 Å². The highest BCUT2D eigenvalue weighted by Gasteiger charge is 2.01. The molecule has 0 aliphatic rings. The van der Waals surface area contributed by atoms with E-state index >= 15 is 0 Å². The number of aryl methyl sites for hydroxylation is 1. The number of aldehydes is 1. The van der Waals surface area contributed by atoms with Gasteiger partial charge in [0.05, 0.1) is 12.9 Å². The van der Waals surface area contributed by atoms with Gasteiger partial charge in [0, 0.05) is 25.6 Å². The average Bonchev–Trinajstić information content (AvgIpc) is 2.77. The Bertz CT molecular complexity index is 443. The molecule has 0 fully saturated rings. The van der Waals surface area contributed by atoms with E-state index in [2.05, 4.69) is 9.97 Å². The van der Waals surface area contributed by atoms with Crippen molar-refractivity contribution in [2.24, 2.45) is 7.05 Å². The predicted octanol–water partition coefficient (Wildman–Crippen LogP) is 0.477. The minimum absolute atomic E-state index is 0.444. The highest BCUT2D eigenvalue weighted by atomic mass is 16.1. The van der Waals surface area contributed by atoms with Crippen molar-refractivity contribution in [3.05, 3.63) is 36.4 Å². The minimum atomic E-state index is 0.444. The van der Waals surface area contributed by atoms with E-state index in [-0.39, 0.29) is 0 Å². The predicted molar refractivity (Wildman–Crippen MR) is 49.9 cm³/mol. The summed E-state index contributed by atoms with van der Waals surface area (Å²) in [6.07, 6.45) is 7.68. The van der Waals surface area contributed by atoms with Crippen molar-refractivity contribution in [2.75, 3.05) is 0 Å². The maximum absolute atomic E-state index is 10.4. The topological polar surface area (TPSA) is 52.7 Å². The van der Waals surface area contributed by atoms with Gasteiger partial charge in [-0.05, 0) is 0 Å². The Morgan fingerprint density at radius 3 is 2.93 bits per heavy atom. The Hall–Kier alpha value is -1.91. The standard InChI is InChI=1S/C9H10N4O/c1-12-3-2-10-9(12)5-13-4-8(6-14)11-7-13/h2-4,6-7H,5H2,1H3. The third-order valence-corrected chi connectivity index (χ3v) is 2.02. The number of imidazole rings is 2. The molecule has 14 heavy (non-hydrogen) atoms. The second-order valence-corrected chi connectivity index (χ2v) is 3.04. The number of carbonyl (C=O) groups is 1. The number of hydrogen-bond acceptors (Lipinski definition) is 3. The SMILES string of the molecule is Cn1ccnc1Cn1cnc(C=O)c1. The molecular formula is C9H10N4O. The van der Waals surface area contributed by atoms with Crippen molar-refractivity contribution >= 4 is 6.29 Å². The molecule has 0 aliphatic heterocycles. The summed E-state index contributed by atoms with van der Waals surface area (Å²) in [6, 6.07) is 0. The lowest BCUT2D eigenvalue weighted by atomic mass is 10.5. The molecule has 2 aromatic heterocycles. The number of carbonyl (C=O) groups excluding carboxylic acids is 1. The van der Waals surface area contributed by atoms with Gasteiger partial charge in [0.25, 0.3) is 0 Å². The molecule has 0 bridgehead atoms. The highest BCUT2D eigenvalue weighted by Crippen LogP contribution is 2.00. The van der Waals surface area contributed by atoms with E-state index in [9.17, 15) is 4.79 Å². The zero-order valence-corrected chi connectivity index (χ0v) is 7.79. The lowest BCUT2D eigenvalue weighted by Gasteiger charge is -2.01. The van der Waals surface area contributed by atoms with Crippen LogP contribution in [0.4, 0.5) is 0 Å². The van der Waals surface area contributed by atoms with Crippen molar-refractivity contribution in [2.45, 2.75) is 6.54 Å². The molecule has 0 atom stereocenters. The molecular weight excluding hydrogens is 180 g/mol. The molecule has 72 valence electrons. The fourth-order valence-corrected chi connectivity index (χ4v) is 1.24. The normalized spacial score (nSPS) is 10.4. The summed E-state index contributed by atoms with van der Waals surface area (Å²) in [5.74, 6) is 0.930. The van der Waals surface area contributed by atoms with E-state index in [0.29, 0.717) is 12.2 Å². The van der Waals surface area contributed by atoms with Crippen molar-refractivity contribution in [3.8, 4) is 0 Å². The van der Waals surface area contributed by atoms with Gasteiger partial charge in [-0.2, -0.15) is 0 Å². The summed E-state index contributed by atoms with van der Waals surface area (Å²) in [5, 5.41) is 0. The molecule has 0 saturated heterocycles. The lowest BCUT2D eigenvalue weighted by Crippen LogP contribution is -2.03. The van der Waals surface area contributed by atoms with E-state index in [4.69, 9.17) is 0 Å². The van der Waals surface area contributed by atoms with Crippen molar-refractivity contribution in [1.82, 2.24) is 19.1 Å². The van der Waals surface area contributed by atoms with Crippen LogP contribution in [0.1, 0.15) is 16.3 Å². The zero-order valence-electron chi connectivity index (χ0n) is 7.79. The van der Waals surface area contributed by atoms with E-state index < -0.39 is 0 Å². The molecule has 5 nitrogen and oxygen atoms in total. The molecule has 0 saturated carbocycles. The van der Waals surface area contributed by atoms with Crippen LogP contribution in [0.15, 0.2) is 24.9 Å². The number of hydrogen-bond donors (Lipinski definition) is 0. The van der Waals surface area contributed by atoms with Gasteiger partial charge in [0.2, 0.25) is 0 Å². The lowest BCUT2D eigenvalue weighted by molar-refractivity contribution is 0.111. The molecule has 0 unspecified atom stereocenters. The first-order chi connectivity index (χ1) is 6.79. The van der Waals surface area contributed by atoms with Crippen LogP contribution in [0.2, 0.25) is 0 Å². The van der Waals surface area contributed by atoms with Crippen LogP contribution in [-0.2, 0) is 13.6 Å². The Kier molecular flexibility index (Phi) is 2.14. The van der Waals surface area contributed by atoms with Crippen molar-refractivity contribution in [1.29, 1.82) is 0 Å².